The number of ether oxygens (including phenoxy) is 2. The Hall–Kier alpha value is -1.98. The third kappa shape index (κ3) is 5.58. The summed E-state index contributed by atoms with van der Waals surface area (Å²) in [5.41, 5.74) is 0. The average Bonchev–Trinajstić information content (AvgIpc) is 2.55. The van der Waals surface area contributed by atoms with Crippen LogP contribution in [0.15, 0.2) is 42.5 Å². The number of rotatable bonds is 7. The number of hydrogen-bond acceptors (Lipinski definition) is 3. The highest BCUT2D eigenvalue weighted by Gasteiger charge is 2.15. The Kier molecular flexibility index (Phi) is 6.70. The number of nitrogens with one attached hydrogen (secondary N) is 1. The molecular formula is C17H16Cl2FNO3. The highest BCUT2D eigenvalue weighted by Crippen LogP contribution is 2.28. The molecule has 1 N–H and O–H groups in total. The van der Waals surface area contributed by atoms with Crippen molar-refractivity contribution in [3.05, 3.63) is 58.3 Å². The minimum Gasteiger partial charge on any atom is -0.492 e. The second-order valence-corrected chi connectivity index (χ2v) is 5.77. The van der Waals surface area contributed by atoms with E-state index in [0.29, 0.717) is 21.5 Å². The Bertz CT molecular complexity index is 695. The first-order valence-electron chi connectivity index (χ1n) is 7.23. The van der Waals surface area contributed by atoms with Crippen molar-refractivity contribution in [3.63, 3.8) is 0 Å². The zero-order chi connectivity index (χ0) is 17.5. The highest BCUT2D eigenvalue weighted by atomic mass is 35.5. The molecule has 0 aliphatic rings. The first-order valence-corrected chi connectivity index (χ1v) is 7.99. The van der Waals surface area contributed by atoms with Gasteiger partial charge >= 0.3 is 0 Å². The molecule has 4 nitrogen and oxygen atoms in total. The van der Waals surface area contributed by atoms with Crippen molar-refractivity contribution in [1.29, 1.82) is 0 Å². The van der Waals surface area contributed by atoms with Crippen molar-refractivity contribution >= 4 is 29.1 Å². The molecule has 2 aromatic carbocycles. The fourth-order valence-corrected chi connectivity index (χ4v) is 2.29. The highest BCUT2D eigenvalue weighted by molar-refractivity contribution is 6.35. The van der Waals surface area contributed by atoms with Crippen molar-refractivity contribution in [1.82, 2.24) is 5.32 Å². The van der Waals surface area contributed by atoms with E-state index in [0.717, 1.165) is 0 Å². The van der Waals surface area contributed by atoms with Crippen molar-refractivity contribution in [2.45, 2.75) is 13.0 Å². The van der Waals surface area contributed by atoms with Gasteiger partial charge in [0.15, 0.2) is 6.10 Å². The fraction of sp³-hybridized carbons (Fsp3) is 0.235. The smallest absolute Gasteiger partial charge is 0.260 e. The Morgan fingerprint density at radius 3 is 2.58 bits per heavy atom. The predicted molar refractivity (Wildman–Crippen MR) is 91.5 cm³/mol. The lowest BCUT2D eigenvalue weighted by Gasteiger charge is -2.16. The Morgan fingerprint density at radius 2 is 1.92 bits per heavy atom. The number of carbonyl (C=O) groups excluding carboxylic acids is 1. The summed E-state index contributed by atoms with van der Waals surface area (Å²) in [6.07, 6.45) is -0.727. The molecule has 0 heterocycles. The molecule has 0 saturated carbocycles. The second kappa shape index (κ2) is 8.76. The topological polar surface area (TPSA) is 47.6 Å². The lowest BCUT2D eigenvalue weighted by Crippen LogP contribution is -2.38. The summed E-state index contributed by atoms with van der Waals surface area (Å²) in [7, 11) is 0. The van der Waals surface area contributed by atoms with Crippen LogP contribution in [0, 0.1) is 5.82 Å². The van der Waals surface area contributed by atoms with Gasteiger partial charge in [0.1, 0.15) is 23.9 Å². The largest absolute Gasteiger partial charge is 0.492 e. The Balaban J connectivity index is 1.74. The SMILES string of the molecule is CC(Oc1ccc(Cl)cc1Cl)C(=O)NCCOc1ccc(F)cc1. The number of carbonyl (C=O) groups is 1. The molecule has 0 radical (unpaired) electrons. The van der Waals surface area contributed by atoms with E-state index in [2.05, 4.69) is 5.32 Å². The third-order valence-electron chi connectivity index (χ3n) is 3.05. The van der Waals surface area contributed by atoms with E-state index in [1.165, 1.54) is 24.3 Å². The van der Waals surface area contributed by atoms with Crippen LogP contribution in [0.5, 0.6) is 11.5 Å². The number of halogens is 3. The zero-order valence-electron chi connectivity index (χ0n) is 12.9. The molecule has 128 valence electrons. The van der Waals surface area contributed by atoms with Gasteiger partial charge in [-0.1, -0.05) is 23.2 Å². The number of hydrogen-bond donors (Lipinski definition) is 1. The van der Waals surface area contributed by atoms with Crippen molar-refractivity contribution in [3.8, 4) is 11.5 Å². The van der Waals surface area contributed by atoms with Gasteiger partial charge in [0, 0.05) is 5.02 Å². The summed E-state index contributed by atoms with van der Waals surface area (Å²) in [5.74, 6) is 0.278. The van der Waals surface area contributed by atoms with E-state index in [4.69, 9.17) is 32.7 Å². The van der Waals surface area contributed by atoms with Crippen molar-refractivity contribution in [2.75, 3.05) is 13.2 Å². The Morgan fingerprint density at radius 1 is 1.21 bits per heavy atom. The third-order valence-corrected chi connectivity index (χ3v) is 3.58. The van der Waals surface area contributed by atoms with Gasteiger partial charge in [0.2, 0.25) is 0 Å². The number of amides is 1. The molecule has 0 aliphatic carbocycles. The first-order chi connectivity index (χ1) is 11.5. The molecule has 1 amide bonds. The summed E-state index contributed by atoms with van der Waals surface area (Å²) in [4.78, 5) is 12.0. The molecule has 0 spiro atoms. The van der Waals surface area contributed by atoms with Crippen LogP contribution in [0.1, 0.15) is 6.92 Å². The van der Waals surface area contributed by atoms with Crippen LogP contribution in [0.3, 0.4) is 0 Å². The molecular weight excluding hydrogens is 356 g/mol. The normalized spacial score (nSPS) is 11.7. The van der Waals surface area contributed by atoms with Gasteiger partial charge in [-0.25, -0.2) is 4.39 Å². The first kappa shape index (κ1) is 18.4. The maximum absolute atomic E-state index is 12.8. The van der Waals surface area contributed by atoms with Crippen LogP contribution in [0.25, 0.3) is 0 Å². The van der Waals surface area contributed by atoms with E-state index >= 15 is 0 Å². The minimum atomic E-state index is -0.727. The average molecular weight is 372 g/mol. The van der Waals surface area contributed by atoms with E-state index in [1.54, 1.807) is 25.1 Å². The molecule has 0 saturated heterocycles. The summed E-state index contributed by atoms with van der Waals surface area (Å²) >= 11 is 11.8. The molecule has 0 fully saturated rings. The van der Waals surface area contributed by atoms with E-state index < -0.39 is 6.10 Å². The van der Waals surface area contributed by atoms with Crippen LogP contribution < -0.4 is 14.8 Å². The monoisotopic (exact) mass is 371 g/mol. The van der Waals surface area contributed by atoms with Crippen molar-refractivity contribution in [2.24, 2.45) is 0 Å². The van der Waals surface area contributed by atoms with Gasteiger partial charge in [-0.15, -0.1) is 0 Å². The molecule has 1 unspecified atom stereocenters. The predicted octanol–water partition coefficient (Wildman–Crippen LogP) is 4.10. The molecule has 0 aliphatic heterocycles. The minimum absolute atomic E-state index is 0.256. The van der Waals surface area contributed by atoms with Crippen LogP contribution in [-0.4, -0.2) is 25.2 Å². The van der Waals surface area contributed by atoms with Gasteiger partial charge in [-0.2, -0.15) is 0 Å². The van der Waals surface area contributed by atoms with Gasteiger partial charge in [-0.3, -0.25) is 4.79 Å². The van der Waals surface area contributed by atoms with Crippen molar-refractivity contribution < 1.29 is 18.7 Å². The fourth-order valence-electron chi connectivity index (χ4n) is 1.83. The summed E-state index contributed by atoms with van der Waals surface area (Å²) in [6, 6.07) is 10.4. The van der Waals surface area contributed by atoms with Gasteiger partial charge in [0.25, 0.3) is 5.91 Å². The van der Waals surface area contributed by atoms with E-state index in [9.17, 15) is 9.18 Å². The second-order valence-electron chi connectivity index (χ2n) is 4.93. The molecule has 0 bridgehead atoms. The standard InChI is InChI=1S/C17H16Cl2FNO3/c1-11(24-16-7-2-12(18)10-15(16)19)17(22)21-8-9-23-14-5-3-13(20)4-6-14/h2-7,10-11H,8-9H2,1H3,(H,21,22). The lowest BCUT2D eigenvalue weighted by molar-refractivity contribution is -0.127. The molecule has 7 heteroatoms. The summed E-state index contributed by atoms with van der Waals surface area (Å²) in [5, 5.41) is 3.51. The molecule has 24 heavy (non-hydrogen) atoms. The number of benzene rings is 2. The van der Waals surface area contributed by atoms with Crippen LogP contribution in [0.2, 0.25) is 10.0 Å². The Labute approximate surface area is 149 Å². The molecule has 0 aromatic heterocycles. The molecule has 1 atom stereocenters. The summed E-state index contributed by atoms with van der Waals surface area (Å²) in [6.45, 7) is 2.16. The van der Waals surface area contributed by atoms with Gasteiger partial charge in [0.05, 0.1) is 11.6 Å². The summed E-state index contributed by atoms with van der Waals surface area (Å²) < 4.78 is 23.6. The van der Waals surface area contributed by atoms with E-state index in [-0.39, 0.29) is 24.9 Å². The van der Waals surface area contributed by atoms with Crippen LogP contribution in [-0.2, 0) is 4.79 Å². The quantitative estimate of drug-likeness (QED) is 0.745. The van der Waals surface area contributed by atoms with E-state index in [1.807, 2.05) is 0 Å². The van der Waals surface area contributed by atoms with Gasteiger partial charge < -0.3 is 14.8 Å². The van der Waals surface area contributed by atoms with Gasteiger partial charge in [-0.05, 0) is 49.4 Å². The zero-order valence-corrected chi connectivity index (χ0v) is 14.4. The lowest BCUT2D eigenvalue weighted by atomic mass is 10.3. The molecule has 2 rings (SSSR count). The maximum atomic E-state index is 12.8. The van der Waals surface area contributed by atoms with Crippen LogP contribution in [0.4, 0.5) is 4.39 Å². The maximum Gasteiger partial charge on any atom is 0.260 e. The van der Waals surface area contributed by atoms with Crippen LogP contribution >= 0.6 is 23.2 Å². The molecule has 2 aromatic rings.